The summed E-state index contributed by atoms with van der Waals surface area (Å²) < 4.78 is 1.65. The molecule has 2 N–H and O–H groups in total. The molecule has 3 heterocycles. The van der Waals surface area contributed by atoms with Crippen LogP contribution in [0.15, 0.2) is 54.9 Å². The lowest BCUT2D eigenvalue weighted by Crippen LogP contribution is -2.73. The molecule has 0 atom stereocenters. The molecule has 5 rings (SSSR count). The van der Waals surface area contributed by atoms with Crippen LogP contribution in [0.3, 0.4) is 0 Å². The third-order valence-electron chi connectivity index (χ3n) is 5.79. The van der Waals surface area contributed by atoms with E-state index in [9.17, 15) is 9.90 Å². The van der Waals surface area contributed by atoms with Gasteiger partial charge in [-0.05, 0) is 30.3 Å². The first-order chi connectivity index (χ1) is 15.9. The summed E-state index contributed by atoms with van der Waals surface area (Å²) in [5, 5.41) is 18.8. The summed E-state index contributed by atoms with van der Waals surface area (Å²) in [6, 6.07) is 14.9. The average molecular weight is 483 g/mol. The fourth-order valence-corrected chi connectivity index (χ4v) is 4.56. The predicted molar refractivity (Wildman–Crippen MR) is 128 cm³/mol. The lowest BCUT2D eigenvalue weighted by molar-refractivity contribution is -0.146. The maximum atomic E-state index is 11.9. The van der Waals surface area contributed by atoms with E-state index in [2.05, 4.69) is 15.3 Å². The van der Waals surface area contributed by atoms with Crippen molar-refractivity contribution in [2.45, 2.75) is 12.5 Å². The second-order valence-corrected chi connectivity index (χ2v) is 8.74. The Bertz CT molecular complexity index is 1350. The van der Waals surface area contributed by atoms with Crippen molar-refractivity contribution in [2.75, 3.05) is 24.5 Å². The Morgan fingerprint density at radius 1 is 1.12 bits per heavy atom. The number of anilines is 1. The van der Waals surface area contributed by atoms with Crippen molar-refractivity contribution < 1.29 is 9.90 Å². The molecular weight excluding hydrogens is 463 g/mol. The Balaban J connectivity index is 1.68. The van der Waals surface area contributed by atoms with Gasteiger partial charge in [0.1, 0.15) is 12.0 Å². The topological polar surface area (TPSA) is 95.7 Å². The molecule has 0 aliphatic carbocycles. The molecule has 0 bridgehead atoms. The quantitative estimate of drug-likeness (QED) is 0.428. The van der Waals surface area contributed by atoms with Crippen LogP contribution in [0.1, 0.15) is 6.92 Å². The van der Waals surface area contributed by atoms with Crippen LogP contribution in [0.2, 0.25) is 10.0 Å². The van der Waals surface area contributed by atoms with E-state index in [1.807, 2.05) is 60.4 Å². The van der Waals surface area contributed by atoms with Gasteiger partial charge in [-0.3, -0.25) is 10.1 Å². The van der Waals surface area contributed by atoms with Crippen molar-refractivity contribution in [2.24, 2.45) is 0 Å². The predicted octanol–water partition coefficient (Wildman–Crippen LogP) is 4.02. The summed E-state index contributed by atoms with van der Waals surface area (Å²) in [5.74, 6) is -0.367. The number of halogens is 2. The number of carboxylic acid groups (broad SMARTS) is 1. The summed E-state index contributed by atoms with van der Waals surface area (Å²) in [6.45, 7) is 2.97. The summed E-state index contributed by atoms with van der Waals surface area (Å²) in [5.41, 5.74) is 2.67. The van der Waals surface area contributed by atoms with E-state index in [1.165, 1.54) is 6.33 Å². The number of likely N-dealkylation sites (N-methyl/N-ethyl adjacent to an activating group) is 1. The minimum absolute atomic E-state index is 0.264. The number of carbonyl (C=O) groups is 1. The fraction of sp³-hybridized carbons (Fsp3) is 0.217. The van der Waals surface area contributed by atoms with Crippen LogP contribution in [0, 0.1) is 0 Å². The molecular formula is C23H20Cl2N6O2. The van der Waals surface area contributed by atoms with Crippen molar-refractivity contribution in [3.05, 3.63) is 64.9 Å². The molecule has 0 unspecified atom stereocenters. The number of aromatic nitrogens is 4. The number of fused-ring (bicyclic) bond motifs is 1. The monoisotopic (exact) mass is 482 g/mol. The number of nitrogens with one attached hydrogen (secondary N) is 1. The van der Waals surface area contributed by atoms with Crippen LogP contribution in [0.5, 0.6) is 0 Å². The Morgan fingerprint density at radius 3 is 2.52 bits per heavy atom. The highest BCUT2D eigenvalue weighted by atomic mass is 35.5. The van der Waals surface area contributed by atoms with Crippen LogP contribution < -0.4 is 10.2 Å². The highest BCUT2D eigenvalue weighted by Gasteiger charge is 2.50. The first-order valence-corrected chi connectivity index (χ1v) is 11.2. The van der Waals surface area contributed by atoms with E-state index in [0.29, 0.717) is 33.9 Å². The number of hydrogen-bond acceptors (Lipinski definition) is 6. The maximum absolute atomic E-state index is 11.9. The Kier molecular flexibility index (Phi) is 5.44. The van der Waals surface area contributed by atoms with Crippen molar-refractivity contribution in [1.82, 2.24) is 24.9 Å². The van der Waals surface area contributed by atoms with E-state index in [0.717, 1.165) is 16.7 Å². The number of aliphatic carboxylic acids is 1. The first-order valence-electron chi connectivity index (χ1n) is 10.4. The number of rotatable bonds is 6. The zero-order valence-electron chi connectivity index (χ0n) is 17.7. The SMILES string of the molecule is CCNC1(C(=O)O)CN(c2ncnc3c(-c4ccc(Cl)cc4)c(-c4ccccc4Cl)nn23)C1. The van der Waals surface area contributed by atoms with E-state index in [-0.39, 0.29) is 13.1 Å². The van der Waals surface area contributed by atoms with Gasteiger partial charge in [-0.15, -0.1) is 0 Å². The summed E-state index contributed by atoms with van der Waals surface area (Å²) >= 11 is 12.6. The van der Waals surface area contributed by atoms with E-state index >= 15 is 0 Å². The molecule has 0 amide bonds. The molecule has 8 nitrogen and oxygen atoms in total. The summed E-state index contributed by atoms with van der Waals surface area (Å²) in [4.78, 5) is 22.7. The van der Waals surface area contributed by atoms with Crippen LogP contribution in [0.4, 0.5) is 5.95 Å². The van der Waals surface area contributed by atoms with Crippen LogP contribution in [-0.2, 0) is 4.79 Å². The molecule has 4 aromatic rings. The second-order valence-electron chi connectivity index (χ2n) is 7.89. The van der Waals surface area contributed by atoms with Crippen molar-refractivity contribution >= 4 is 40.8 Å². The van der Waals surface area contributed by atoms with E-state index in [1.54, 1.807) is 4.52 Å². The van der Waals surface area contributed by atoms with Gasteiger partial charge in [0.05, 0.1) is 23.7 Å². The minimum atomic E-state index is -1.01. The van der Waals surface area contributed by atoms with E-state index < -0.39 is 11.5 Å². The smallest absolute Gasteiger partial charge is 0.327 e. The average Bonchev–Trinajstić information content (AvgIpc) is 3.16. The Hall–Kier alpha value is -3.20. The maximum Gasteiger partial charge on any atom is 0.327 e. The van der Waals surface area contributed by atoms with Gasteiger partial charge in [-0.25, -0.2) is 9.97 Å². The molecule has 2 aromatic carbocycles. The normalized spacial score (nSPS) is 14.9. The first kappa shape index (κ1) is 21.6. The standard InChI is InChI=1S/C23H20Cl2N6O2/c1-2-28-23(21(32)33)11-30(12-23)22-27-13-26-20-18(14-7-9-15(24)10-8-14)19(29-31(20)22)16-5-3-4-6-17(16)25/h3-10,13,28H,2,11-12H2,1H3,(H,32,33). The number of benzene rings is 2. The van der Waals surface area contributed by atoms with Gasteiger partial charge in [0.15, 0.2) is 11.2 Å². The molecule has 1 fully saturated rings. The van der Waals surface area contributed by atoms with Crippen molar-refractivity contribution in [3.63, 3.8) is 0 Å². The van der Waals surface area contributed by atoms with Crippen molar-refractivity contribution in [1.29, 1.82) is 0 Å². The third-order valence-corrected chi connectivity index (χ3v) is 6.38. The van der Waals surface area contributed by atoms with Crippen LogP contribution >= 0.6 is 23.2 Å². The minimum Gasteiger partial charge on any atom is -0.480 e. The molecule has 2 aromatic heterocycles. The van der Waals surface area contributed by atoms with Gasteiger partial charge in [0, 0.05) is 10.6 Å². The summed E-state index contributed by atoms with van der Waals surface area (Å²) in [6.07, 6.45) is 1.47. The van der Waals surface area contributed by atoms with Gasteiger partial charge in [0.2, 0.25) is 5.95 Å². The number of nitrogens with zero attached hydrogens (tertiary/aromatic N) is 5. The molecule has 10 heteroatoms. The molecule has 1 aliphatic rings. The summed E-state index contributed by atoms with van der Waals surface area (Å²) in [7, 11) is 0. The molecule has 0 spiro atoms. The van der Waals surface area contributed by atoms with Gasteiger partial charge in [-0.2, -0.15) is 9.61 Å². The Labute approximate surface area is 199 Å². The molecule has 33 heavy (non-hydrogen) atoms. The number of hydrogen-bond donors (Lipinski definition) is 2. The highest BCUT2D eigenvalue weighted by molar-refractivity contribution is 6.33. The van der Waals surface area contributed by atoms with Gasteiger partial charge < -0.3 is 10.0 Å². The van der Waals surface area contributed by atoms with Crippen molar-refractivity contribution in [3.8, 4) is 22.4 Å². The number of carboxylic acids is 1. The lowest BCUT2D eigenvalue weighted by Gasteiger charge is -2.47. The molecule has 1 aliphatic heterocycles. The van der Waals surface area contributed by atoms with Crippen LogP contribution in [-0.4, -0.2) is 55.8 Å². The molecule has 0 radical (unpaired) electrons. The van der Waals surface area contributed by atoms with Gasteiger partial charge in [-0.1, -0.05) is 60.5 Å². The fourth-order valence-electron chi connectivity index (χ4n) is 4.21. The Morgan fingerprint density at radius 2 is 1.85 bits per heavy atom. The second kappa shape index (κ2) is 8.30. The highest BCUT2D eigenvalue weighted by Crippen LogP contribution is 2.39. The molecule has 0 saturated carbocycles. The largest absolute Gasteiger partial charge is 0.480 e. The van der Waals surface area contributed by atoms with E-state index in [4.69, 9.17) is 28.3 Å². The molecule has 168 valence electrons. The lowest BCUT2D eigenvalue weighted by atomic mass is 9.90. The zero-order chi connectivity index (χ0) is 23.2. The van der Waals surface area contributed by atoms with Crippen LogP contribution in [0.25, 0.3) is 28.0 Å². The molecule has 1 saturated heterocycles. The van der Waals surface area contributed by atoms with Gasteiger partial charge >= 0.3 is 5.97 Å². The van der Waals surface area contributed by atoms with Gasteiger partial charge in [0.25, 0.3) is 0 Å². The zero-order valence-corrected chi connectivity index (χ0v) is 19.2. The third kappa shape index (κ3) is 3.60.